The molecule has 8 nitrogen and oxygen atoms in total. The fourth-order valence-corrected chi connectivity index (χ4v) is 2.90. The first-order valence-corrected chi connectivity index (χ1v) is 9.59. The van der Waals surface area contributed by atoms with Gasteiger partial charge in [0.05, 0.1) is 21.3 Å². The zero-order chi connectivity index (χ0) is 23.2. The number of carbonyl (C=O) groups is 2. The van der Waals surface area contributed by atoms with E-state index in [1.165, 1.54) is 27.4 Å². The number of hydrazine groups is 1. The maximum Gasteiger partial charge on any atom is 0.281 e. The van der Waals surface area contributed by atoms with E-state index >= 15 is 0 Å². The van der Waals surface area contributed by atoms with Crippen molar-refractivity contribution in [3.8, 4) is 17.2 Å². The number of methoxy groups -OCH3 is 3. The van der Waals surface area contributed by atoms with Crippen LogP contribution in [0.1, 0.15) is 42.3 Å². The van der Waals surface area contributed by atoms with Crippen molar-refractivity contribution in [1.29, 1.82) is 0 Å². The molecule has 0 aromatic heterocycles. The van der Waals surface area contributed by atoms with E-state index in [1.807, 2.05) is 17.6 Å². The fourth-order valence-electron chi connectivity index (χ4n) is 2.90. The number of hydrogen-bond donors (Lipinski definition) is 3. The molecule has 2 aromatic rings. The van der Waals surface area contributed by atoms with Crippen LogP contribution >= 0.6 is 0 Å². The Labute approximate surface area is 182 Å². The van der Waals surface area contributed by atoms with Crippen LogP contribution < -0.4 is 30.8 Å². The van der Waals surface area contributed by atoms with Gasteiger partial charge in [-0.05, 0) is 46.9 Å². The zero-order valence-corrected chi connectivity index (χ0v) is 18.7. The molecule has 31 heavy (non-hydrogen) atoms. The summed E-state index contributed by atoms with van der Waals surface area (Å²) >= 11 is 0. The summed E-state index contributed by atoms with van der Waals surface area (Å²) in [4.78, 5) is 25.0. The minimum absolute atomic E-state index is 0.0357. The molecule has 0 spiro atoms. The van der Waals surface area contributed by atoms with E-state index in [2.05, 4.69) is 26.1 Å². The summed E-state index contributed by atoms with van der Waals surface area (Å²) in [5.41, 5.74) is 4.01. The van der Waals surface area contributed by atoms with Gasteiger partial charge in [-0.25, -0.2) is 5.84 Å². The monoisotopic (exact) mass is 427 g/mol. The molecular formula is C23H29N3O5. The summed E-state index contributed by atoms with van der Waals surface area (Å²) < 4.78 is 16.0. The van der Waals surface area contributed by atoms with Gasteiger partial charge in [0.15, 0.2) is 11.5 Å². The molecule has 0 aliphatic rings. The third-order valence-electron chi connectivity index (χ3n) is 4.64. The third-order valence-corrected chi connectivity index (χ3v) is 4.64. The van der Waals surface area contributed by atoms with Crippen molar-refractivity contribution in [1.82, 2.24) is 10.7 Å². The summed E-state index contributed by atoms with van der Waals surface area (Å²) in [6.45, 7) is 6.27. The van der Waals surface area contributed by atoms with E-state index in [4.69, 9.17) is 20.1 Å². The van der Waals surface area contributed by atoms with Crippen molar-refractivity contribution in [3.05, 3.63) is 58.8 Å². The van der Waals surface area contributed by atoms with Crippen LogP contribution in [0.5, 0.6) is 17.2 Å². The smallest absolute Gasteiger partial charge is 0.281 e. The quantitative estimate of drug-likeness (QED) is 0.271. The number of nitrogens with one attached hydrogen (secondary N) is 2. The first-order valence-electron chi connectivity index (χ1n) is 9.59. The molecule has 0 bridgehead atoms. The number of amides is 2. The number of nitrogens with two attached hydrogens (primary N) is 1. The summed E-state index contributed by atoms with van der Waals surface area (Å²) in [5.74, 6) is 5.43. The van der Waals surface area contributed by atoms with Crippen LogP contribution in [0, 0.1) is 0 Å². The molecule has 0 saturated carbocycles. The molecule has 2 aromatic carbocycles. The number of carbonyl (C=O) groups excluding carboxylic acids is 2. The molecule has 0 heterocycles. The fraction of sp³-hybridized carbons (Fsp3) is 0.304. The second-order valence-corrected chi connectivity index (χ2v) is 7.77. The van der Waals surface area contributed by atoms with E-state index in [0.29, 0.717) is 28.4 Å². The largest absolute Gasteiger partial charge is 0.493 e. The van der Waals surface area contributed by atoms with Crippen molar-refractivity contribution < 1.29 is 23.8 Å². The van der Waals surface area contributed by atoms with Crippen molar-refractivity contribution >= 4 is 17.9 Å². The first kappa shape index (κ1) is 23.8. The predicted molar refractivity (Wildman–Crippen MR) is 119 cm³/mol. The Morgan fingerprint density at radius 1 is 0.935 bits per heavy atom. The highest BCUT2D eigenvalue weighted by Gasteiger charge is 2.18. The SMILES string of the molecule is COc1cc(/C=C(/NC(=O)c2ccc(C(C)(C)C)cc2)C(=O)NN)cc(OC)c1OC. The minimum Gasteiger partial charge on any atom is -0.493 e. The molecular weight excluding hydrogens is 398 g/mol. The summed E-state index contributed by atoms with van der Waals surface area (Å²) in [7, 11) is 4.47. The Morgan fingerprint density at radius 2 is 1.48 bits per heavy atom. The maximum absolute atomic E-state index is 12.7. The van der Waals surface area contributed by atoms with Gasteiger partial charge in [0.1, 0.15) is 5.70 Å². The lowest BCUT2D eigenvalue weighted by atomic mass is 9.87. The van der Waals surface area contributed by atoms with Crippen molar-refractivity contribution in [3.63, 3.8) is 0 Å². The highest BCUT2D eigenvalue weighted by molar-refractivity contribution is 6.05. The highest BCUT2D eigenvalue weighted by atomic mass is 16.5. The Morgan fingerprint density at radius 3 is 1.90 bits per heavy atom. The summed E-state index contributed by atoms with van der Waals surface area (Å²) in [5, 5.41) is 2.61. The van der Waals surface area contributed by atoms with Gasteiger partial charge in [0, 0.05) is 5.56 Å². The average molecular weight is 428 g/mol. The van der Waals surface area contributed by atoms with E-state index in [0.717, 1.165) is 5.56 Å². The Bertz CT molecular complexity index is 951. The molecule has 0 unspecified atom stereocenters. The Kier molecular flexibility index (Phi) is 7.66. The lowest BCUT2D eigenvalue weighted by Crippen LogP contribution is -2.38. The number of benzene rings is 2. The average Bonchev–Trinajstić information content (AvgIpc) is 2.76. The van der Waals surface area contributed by atoms with Crippen LogP contribution in [-0.2, 0) is 10.2 Å². The molecule has 4 N–H and O–H groups in total. The van der Waals surface area contributed by atoms with E-state index < -0.39 is 11.8 Å². The lowest BCUT2D eigenvalue weighted by Gasteiger charge is -2.19. The van der Waals surface area contributed by atoms with Gasteiger partial charge < -0.3 is 19.5 Å². The van der Waals surface area contributed by atoms with Gasteiger partial charge in [-0.2, -0.15) is 0 Å². The molecule has 0 aliphatic carbocycles. The Hall–Kier alpha value is -3.52. The Balaban J connectivity index is 2.39. The molecule has 2 amide bonds. The van der Waals surface area contributed by atoms with Crippen LogP contribution in [0.4, 0.5) is 0 Å². The standard InChI is InChI=1S/C23H29N3O5/c1-23(2,3)16-9-7-15(8-10-16)21(27)25-17(22(28)26-24)11-14-12-18(29-4)20(31-6)19(13-14)30-5/h7-13H,24H2,1-6H3,(H,25,27)(H,26,28)/b17-11+. The highest BCUT2D eigenvalue weighted by Crippen LogP contribution is 2.38. The van der Waals surface area contributed by atoms with Gasteiger partial charge in [-0.3, -0.25) is 15.0 Å². The molecule has 0 radical (unpaired) electrons. The molecule has 0 saturated heterocycles. The summed E-state index contributed by atoms with van der Waals surface area (Å²) in [6.07, 6.45) is 1.47. The van der Waals surface area contributed by atoms with Gasteiger partial charge >= 0.3 is 0 Å². The van der Waals surface area contributed by atoms with Crippen molar-refractivity contribution in [2.45, 2.75) is 26.2 Å². The van der Waals surface area contributed by atoms with Crippen LogP contribution in [0.2, 0.25) is 0 Å². The van der Waals surface area contributed by atoms with Crippen LogP contribution in [-0.4, -0.2) is 33.1 Å². The third kappa shape index (κ3) is 5.76. The van der Waals surface area contributed by atoms with Gasteiger partial charge in [-0.1, -0.05) is 32.9 Å². The van der Waals surface area contributed by atoms with Crippen molar-refractivity contribution in [2.75, 3.05) is 21.3 Å². The number of ether oxygens (including phenoxy) is 3. The molecule has 0 atom stereocenters. The minimum atomic E-state index is -0.659. The van der Waals surface area contributed by atoms with Gasteiger partial charge in [-0.15, -0.1) is 0 Å². The first-order chi connectivity index (χ1) is 14.6. The van der Waals surface area contributed by atoms with E-state index in [1.54, 1.807) is 24.3 Å². The van der Waals surface area contributed by atoms with E-state index in [-0.39, 0.29) is 11.1 Å². The number of rotatable bonds is 7. The van der Waals surface area contributed by atoms with Crippen LogP contribution in [0.25, 0.3) is 6.08 Å². The molecule has 0 fully saturated rings. The summed E-state index contributed by atoms with van der Waals surface area (Å²) in [6, 6.07) is 10.5. The second kappa shape index (κ2) is 9.99. The topological polar surface area (TPSA) is 112 Å². The van der Waals surface area contributed by atoms with Gasteiger partial charge in [0.2, 0.25) is 5.75 Å². The lowest BCUT2D eigenvalue weighted by molar-refractivity contribution is -0.117. The normalized spacial score (nSPS) is 11.5. The molecule has 0 aliphatic heterocycles. The van der Waals surface area contributed by atoms with E-state index in [9.17, 15) is 9.59 Å². The molecule has 8 heteroatoms. The molecule has 166 valence electrons. The predicted octanol–water partition coefficient (Wildman–Crippen LogP) is 2.77. The molecule has 2 rings (SSSR count). The number of hydrogen-bond acceptors (Lipinski definition) is 6. The maximum atomic E-state index is 12.7. The van der Waals surface area contributed by atoms with Gasteiger partial charge in [0.25, 0.3) is 11.8 Å². The van der Waals surface area contributed by atoms with Crippen LogP contribution in [0.3, 0.4) is 0 Å². The van der Waals surface area contributed by atoms with Crippen LogP contribution in [0.15, 0.2) is 42.1 Å². The van der Waals surface area contributed by atoms with Crippen molar-refractivity contribution in [2.24, 2.45) is 5.84 Å². The zero-order valence-electron chi connectivity index (χ0n) is 18.7. The second-order valence-electron chi connectivity index (χ2n) is 7.77.